The highest BCUT2D eigenvalue weighted by Crippen LogP contribution is 2.46. The van der Waals surface area contributed by atoms with E-state index in [9.17, 15) is 24.3 Å². The van der Waals surface area contributed by atoms with Crippen LogP contribution >= 0.6 is 0 Å². The third-order valence-electron chi connectivity index (χ3n) is 7.67. The van der Waals surface area contributed by atoms with Gasteiger partial charge in [-0.15, -0.1) is 0 Å². The number of ether oxygens (including phenoxy) is 2. The number of aliphatic hydroxyl groups is 1. The van der Waals surface area contributed by atoms with Crippen LogP contribution < -0.4 is 10.6 Å². The Balaban J connectivity index is 1.52. The van der Waals surface area contributed by atoms with E-state index in [1.807, 2.05) is 12.2 Å². The summed E-state index contributed by atoms with van der Waals surface area (Å²) in [5, 5.41) is 15.9. The summed E-state index contributed by atoms with van der Waals surface area (Å²) in [6.07, 6.45) is 10.2. The molecule has 2 aliphatic heterocycles. The molecule has 0 bridgehead atoms. The first-order valence-electron chi connectivity index (χ1n) is 12.9. The van der Waals surface area contributed by atoms with Gasteiger partial charge in [0.1, 0.15) is 23.7 Å². The standard InChI is InChI=1S/C25H37N3O7/c1-34-23(32)25-14-16(25)9-5-3-2-4-6-12-19(26-24(33)35-18-10-7-8-11-18)22(31)28-15-17(29)13-20(28)21(30)27-25/h5,9,16-20,29H,2-4,6-8,10-15H2,1H3,(H,26,33)(H,27,30)/b9-5-/t16-,17-,19+,20+,25-/m1/s1. The van der Waals surface area contributed by atoms with Crippen molar-refractivity contribution < 1.29 is 33.8 Å². The quantitative estimate of drug-likeness (QED) is 0.403. The number of alkyl carbamates (subject to hydrolysis) is 1. The maximum absolute atomic E-state index is 13.6. The van der Waals surface area contributed by atoms with Crippen molar-refractivity contribution in [3.05, 3.63) is 12.2 Å². The van der Waals surface area contributed by atoms with Crippen molar-refractivity contribution in [2.75, 3.05) is 13.7 Å². The second-order valence-electron chi connectivity index (χ2n) is 10.2. The number of hydrogen-bond acceptors (Lipinski definition) is 7. The Hall–Kier alpha value is -2.62. The Morgan fingerprint density at radius 3 is 2.63 bits per heavy atom. The van der Waals surface area contributed by atoms with E-state index in [-0.39, 0.29) is 25.0 Å². The van der Waals surface area contributed by atoms with E-state index >= 15 is 0 Å². The highest BCUT2D eigenvalue weighted by Gasteiger charge is 2.62. The van der Waals surface area contributed by atoms with Gasteiger partial charge >= 0.3 is 12.1 Å². The lowest BCUT2D eigenvalue weighted by atomic mass is 10.0. The van der Waals surface area contributed by atoms with E-state index in [1.165, 1.54) is 12.0 Å². The molecule has 0 spiro atoms. The Labute approximate surface area is 205 Å². The summed E-state index contributed by atoms with van der Waals surface area (Å²) in [5.41, 5.74) is -1.15. The van der Waals surface area contributed by atoms with Gasteiger partial charge in [0.25, 0.3) is 0 Å². The molecule has 10 heteroatoms. The van der Waals surface area contributed by atoms with Crippen LogP contribution in [-0.2, 0) is 23.9 Å². The Kier molecular flexibility index (Phi) is 7.98. The second-order valence-corrected chi connectivity index (χ2v) is 10.2. The lowest BCUT2D eigenvalue weighted by Gasteiger charge is -2.29. The average molecular weight is 492 g/mol. The molecule has 10 nitrogen and oxygen atoms in total. The van der Waals surface area contributed by atoms with Crippen LogP contribution in [0.15, 0.2) is 12.2 Å². The molecule has 2 heterocycles. The van der Waals surface area contributed by atoms with Gasteiger partial charge in [-0.2, -0.15) is 0 Å². The van der Waals surface area contributed by atoms with Crippen molar-refractivity contribution in [3.63, 3.8) is 0 Å². The lowest BCUT2D eigenvalue weighted by Crippen LogP contribution is -2.56. The SMILES string of the molecule is COC(=O)[C@@]12C[C@H]1/C=C\CCCCC[C@H](NC(=O)OC1CCCC1)C(=O)N1C[C@H](O)C[C@H]1C(=O)N2. The number of amides is 3. The molecule has 2 aliphatic carbocycles. The molecule has 4 aliphatic rings. The number of nitrogens with zero attached hydrogens (tertiary/aromatic N) is 1. The van der Waals surface area contributed by atoms with Crippen LogP contribution in [0.1, 0.15) is 70.6 Å². The molecule has 3 fully saturated rings. The summed E-state index contributed by atoms with van der Waals surface area (Å²) in [4.78, 5) is 53.3. The number of hydrogen-bond donors (Lipinski definition) is 3. The maximum atomic E-state index is 13.6. The largest absolute Gasteiger partial charge is 0.467 e. The van der Waals surface area contributed by atoms with Crippen LogP contribution in [0, 0.1) is 5.92 Å². The van der Waals surface area contributed by atoms with E-state index in [4.69, 9.17) is 9.47 Å². The second kappa shape index (κ2) is 11.0. The smallest absolute Gasteiger partial charge is 0.408 e. The number of aliphatic hydroxyl groups excluding tert-OH is 1. The minimum absolute atomic E-state index is 0.0126. The third kappa shape index (κ3) is 5.79. The molecule has 0 unspecified atom stereocenters. The fourth-order valence-corrected chi connectivity index (χ4v) is 5.58. The van der Waals surface area contributed by atoms with Crippen molar-refractivity contribution in [2.24, 2.45) is 5.92 Å². The van der Waals surface area contributed by atoms with E-state index in [2.05, 4.69) is 10.6 Å². The van der Waals surface area contributed by atoms with Gasteiger partial charge in [-0.1, -0.05) is 25.0 Å². The van der Waals surface area contributed by atoms with Gasteiger partial charge in [0, 0.05) is 18.9 Å². The van der Waals surface area contributed by atoms with Crippen molar-refractivity contribution in [1.82, 2.24) is 15.5 Å². The number of carbonyl (C=O) groups excluding carboxylic acids is 4. The monoisotopic (exact) mass is 491 g/mol. The molecule has 0 aromatic carbocycles. The molecule has 3 N–H and O–H groups in total. The molecular formula is C25H37N3O7. The van der Waals surface area contributed by atoms with Crippen molar-refractivity contribution in [3.8, 4) is 0 Å². The predicted molar refractivity (Wildman–Crippen MR) is 125 cm³/mol. The molecule has 194 valence electrons. The molecule has 0 aromatic heterocycles. The van der Waals surface area contributed by atoms with Crippen molar-refractivity contribution >= 4 is 23.9 Å². The average Bonchev–Trinajstić information content (AvgIpc) is 3.14. The molecule has 0 aromatic rings. The first-order valence-corrected chi connectivity index (χ1v) is 12.9. The van der Waals surface area contributed by atoms with Gasteiger partial charge in [-0.3, -0.25) is 9.59 Å². The predicted octanol–water partition coefficient (Wildman–Crippen LogP) is 1.55. The molecule has 0 radical (unpaired) electrons. The summed E-state index contributed by atoms with van der Waals surface area (Å²) in [6.45, 7) is -0.0126. The third-order valence-corrected chi connectivity index (χ3v) is 7.67. The zero-order chi connectivity index (χ0) is 25.0. The molecule has 1 saturated heterocycles. The molecule has 2 saturated carbocycles. The number of esters is 1. The van der Waals surface area contributed by atoms with Gasteiger partial charge in [0.05, 0.1) is 13.2 Å². The number of rotatable bonds is 3. The van der Waals surface area contributed by atoms with Gasteiger partial charge in [-0.05, 0) is 51.4 Å². The first kappa shape index (κ1) is 25.5. The maximum Gasteiger partial charge on any atom is 0.408 e. The number of fused-ring (bicyclic) bond motifs is 2. The van der Waals surface area contributed by atoms with E-state index in [0.29, 0.717) is 12.8 Å². The Morgan fingerprint density at radius 1 is 1.14 bits per heavy atom. The zero-order valence-corrected chi connectivity index (χ0v) is 20.4. The summed E-state index contributed by atoms with van der Waals surface area (Å²) >= 11 is 0. The first-order chi connectivity index (χ1) is 16.8. The van der Waals surface area contributed by atoms with Gasteiger partial charge in [0.2, 0.25) is 11.8 Å². The van der Waals surface area contributed by atoms with Crippen molar-refractivity contribution in [2.45, 2.75) is 100 Å². The van der Waals surface area contributed by atoms with Crippen LogP contribution in [0.4, 0.5) is 4.79 Å². The van der Waals surface area contributed by atoms with Gasteiger partial charge in [0.15, 0.2) is 0 Å². The lowest BCUT2D eigenvalue weighted by molar-refractivity contribution is -0.148. The van der Waals surface area contributed by atoms with E-state index in [1.54, 1.807) is 0 Å². The number of methoxy groups -OCH3 is 1. The van der Waals surface area contributed by atoms with Gasteiger partial charge < -0.3 is 30.1 Å². The van der Waals surface area contributed by atoms with Gasteiger partial charge in [-0.25, -0.2) is 9.59 Å². The highest BCUT2D eigenvalue weighted by molar-refractivity contribution is 5.96. The van der Waals surface area contributed by atoms with E-state index < -0.39 is 47.6 Å². The fourth-order valence-electron chi connectivity index (χ4n) is 5.58. The molecule has 3 amide bonds. The number of allylic oxidation sites excluding steroid dienone is 1. The summed E-state index contributed by atoms with van der Waals surface area (Å²) in [7, 11) is 1.29. The van der Waals surface area contributed by atoms with E-state index in [0.717, 1.165) is 51.4 Å². The molecule has 4 rings (SSSR count). The normalized spacial score (nSPS) is 35.1. The number of carbonyl (C=O) groups is 4. The minimum Gasteiger partial charge on any atom is -0.467 e. The fraction of sp³-hybridized carbons (Fsp3) is 0.760. The van der Waals surface area contributed by atoms with Crippen LogP contribution in [-0.4, -0.2) is 77.4 Å². The van der Waals surface area contributed by atoms with Crippen LogP contribution in [0.25, 0.3) is 0 Å². The van der Waals surface area contributed by atoms with Crippen LogP contribution in [0.3, 0.4) is 0 Å². The minimum atomic E-state index is -1.15. The molecule has 5 atom stereocenters. The molecular weight excluding hydrogens is 454 g/mol. The van der Waals surface area contributed by atoms with Crippen LogP contribution in [0.5, 0.6) is 0 Å². The topological polar surface area (TPSA) is 134 Å². The zero-order valence-electron chi connectivity index (χ0n) is 20.4. The highest BCUT2D eigenvalue weighted by atomic mass is 16.6. The Morgan fingerprint density at radius 2 is 1.89 bits per heavy atom. The summed E-state index contributed by atoms with van der Waals surface area (Å²) in [5.74, 6) is -1.61. The number of nitrogens with one attached hydrogen (secondary N) is 2. The van der Waals surface area contributed by atoms with Crippen LogP contribution in [0.2, 0.25) is 0 Å². The summed E-state index contributed by atoms with van der Waals surface area (Å²) in [6, 6.07) is -1.79. The Bertz CT molecular complexity index is 856. The van der Waals surface area contributed by atoms with Crippen molar-refractivity contribution in [1.29, 1.82) is 0 Å². The summed E-state index contributed by atoms with van der Waals surface area (Å²) < 4.78 is 10.5. The molecule has 35 heavy (non-hydrogen) atoms.